The molecule has 1 heterocycles. The molecule has 0 unspecified atom stereocenters. The van der Waals surface area contributed by atoms with Gasteiger partial charge in [-0.05, 0) is 63.1 Å². The van der Waals surface area contributed by atoms with Crippen LogP contribution >= 0.6 is 0 Å². The van der Waals surface area contributed by atoms with Crippen LogP contribution in [0.5, 0.6) is 5.75 Å². The molecule has 1 aromatic rings. The molecule has 0 radical (unpaired) electrons. The first-order chi connectivity index (χ1) is 11.2. The molecule has 0 aliphatic carbocycles. The largest absolute Gasteiger partial charge is 0.494 e. The maximum absolute atomic E-state index is 12.4. The number of nitrogens with zero attached hydrogens (tertiary/aromatic N) is 1. The van der Waals surface area contributed by atoms with Crippen molar-refractivity contribution >= 4 is 5.91 Å². The number of aliphatic hydroxyl groups is 1. The van der Waals surface area contributed by atoms with Gasteiger partial charge in [0.05, 0.1) is 19.3 Å². The van der Waals surface area contributed by atoms with Gasteiger partial charge >= 0.3 is 0 Å². The lowest BCUT2D eigenvalue weighted by Crippen LogP contribution is -2.45. The third kappa shape index (κ3) is 4.96. The summed E-state index contributed by atoms with van der Waals surface area (Å²) in [6, 6.07) is 6.28. The predicted octanol–water partition coefficient (Wildman–Crippen LogP) is 3.09. The fraction of sp³-hybridized carbons (Fsp3) is 0.632. The number of aryl methyl sites for hydroxylation is 2. The maximum Gasteiger partial charge on any atom is 0.222 e. The number of hydrogen-bond acceptors (Lipinski definition) is 3. The Morgan fingerprint density at radius 2 is 2.22 bits per heavy atom. The van der Waals surface area contributed by atoms with Gasteiger partial charge in [-0.1, -0.05) is 12.1 Å². The number of aliphatic hydroxyl groups excluding tert-OH is 1. The Kier molecular flexibility index (Phi) is 6.90. The first-order valence-electron chi connectivity index (χ1n) is 8.78. The average molecular weight is 319 g/mol. The van der Waals surface area contributed by atoms with Crippen molar-refractivity contribution in [3.8, 4) is 5.75 Å². The van der Waals surface area contributed by atoms with Crippen LogP contribution in [0, 0.1) is 6.92 Å². The molecule has 1 saturated heterocycles. The molecular formula is C19H29NO3. The Labute approximate surface area is 139 Å². The van der Waals surface area contributed by atoms with Crippen molar-refractivity contribution in [1.29, 1.82) is 0 Å². The fourth-order valence-corrected chi connectivity index (χ4v) is 3.29. The number of likely N-dealkylation sites (tertiary alicyclic amines) is 1. The van der Waals surface area contributed by atoms with Crippen LogP contribution in [0.2, 0.25) is 0 Å². The summed E-state index contributed by atoms with van der Waals surface area (Å²) < 4.78 is 5.55. The summed E-state index contributed by atoms with van der Waals surface area (Å²) in [5, 5.41) is 9.41. The summed E-state index contributed by atoms with van der Waals surface area (Å²) in [4.78, 5) is 14.2. The molecule has 1 aliphatic rings. The topological polar surface area (TPSA) is 49.8 Å². The van der Waals surface area contributed by atoms with Crippen LogP contribution in [0.3, 0.4) is 0 Å². The van der Waals surface area contributed by atoms with Crippen molar-refractivity contribution in [2.75, 3.05) is 19.8 Å². The lowest BCUT2D eigenvalue weighted by molar-refractivity contribution is -0.136. The molecule has 4 nitrogen and oxygen atoms in total. The van der Waals surface area contributed by atoms with E-state index < -0.39 is 0 Å². The van der Waals surface area contributed by atoms with E-state index in [4.69, 9.17) is 4.74 Å². The van der Waals surface area contributed by atoms with Crippen molar-refractivity contribution in [2.24, 2.45) is 0 Å². The van der Waals surface area contributed by atoms with Crippen molar-refractivity contribution in [3.05, 3.63) is 29.3 Å². The van der Waals surface area contributed by atoms with Crippen LogP contribution in [-0.4, -0.2) is 41.7 Å². The molecule has 2 rings (SSSR count). The molecule has 0 bridgehead atoms. The number of amides is 1. The normalized spacial score (nSPS) is 18.0. The Hall–Kier alpha value is -1.55. The van der Waals surface area contributed by atoms with Crippen molar-refractivity contribution in [3.63, 3.8) is 0 Å². The SMILES string of the molecule is CCOc1ccc(CCCC(=O)N2CCCC[C@H]2CO)cc1C. The quantitative estimate of drug-likeness (QED) is 0.840. The molecule has 1 aliphatic heterocycles. The van der Waals surface area contributed by atoms with Gasteiger partial charge in [0.2, 0.25) is 5.91 Å². The summed E-state index contributed by atoms with van der Waals surface area (Å²) in [5.74, 6) is 1.12. The molecule has 128 valence electrons. The first kappa shape index (κ1) is 17.8. The zero-order valence-electron chi connectivity index (χ0n) is 14.4. The van der Waals surface area contributed by atoms with Crippen LogP contribution in [0.4, 0.5) is 0 Å². The second kappa shape index (κ2) is 8.92. The third-order valence-corrected chi connectivity index (χ3v) is 4.55. The maximum atomic E-state index is 12.4. The molecule has 4 heteroatoms. The average Bonchev–Trinajstić information content (AvgIpc) is 2.57. The molecular weight excluding hydrogens is 290 g/mol. The number of carbonyl (C=O) groups excluding carboxylic acids is 1. The molecule has 0 spiro atoms. The van der Waals surface area contributed by atoms with E-state index in [-0.39, 0.29) is 18.6 Å². The van der Waals surface area contributed by atoms with Crippen molar-refractivity contribution in [1.82, 2.24) is 4.90 Å². The molecule has 1 fully saturated rings. The van der Waals surface area contributed by atoms with Gasteiger partial charge in [0.25, 0.3) is 0 Å². The molecule has 1 N–H and O–H groups in total. The summed E-state index contributed by atoms with van der Waals surface area (Å²) in [6.07, 6.45) is 5.40. The molecule has 1 aromatic carbocycles. The number of piperidine rings is 1. The van der Waals surface area contributed by atoms with Gasteiger partial charge in [-0.3, -0.25) is 4.79 Å². The van der Waals surface area contributed by atoms with Crippen LogP contribution < -0.4 is 4.74 Å². The zero-order chi connectivity index (χ0) is 16.7. The van der Waals surface area contributed by atoms with Gasteiger partial charge in [-0.15, -0.1) is 0 Å². The van der Waals surface area contributed by atoms with E-state index in [1.165, 1.54) is 5.56 Å². The minimum Gasteiger partial charge on any atom is -0.494 e. The molecule has 1 atom stereocenters. The van der Waals surface area contributed by atoms with Gasteiger partial charge in [0.1, 0.15) is 5.75 Å². The van der Waals surface area contributed by atoms with Gasteiger partial charge in [0.15, 0.2) is 0 Å². The van der Waals surface area contributed by atoms with Crippen molar-refractivity contribution in [2.45, 2.75) is 58.4 Å². The van der Waals surface area contributed by atoms with Crippen LogP contribution in [0.1, 0.15) is 50.2 Å². The summed E-state index contributed by atoms with van der Waals surface area (Å²) >= 11 is 0. The van der Waals surface area contributed by atoms with E-state index in [0.717, 1.165) is 50.0 Å². The second-order valence-electron chi connectivity index (χ2n) is 6.31. The van der Waals surface area contributed by atoms with E-state index in [1.807, 2.05) is 17.9 Å². The van der Waals surface area contributed by atoms with Crippen LogP contribution in [0.15, 0.2) is 18.2 Å². The third-order valence-electron chi connectivity index (χ3n) is 4.55. The highest BCUT2D eigenvalue weighted by Crippen LogP contribution is 2.21. The molecule has 23 heavy (non-hydrogen) atoms. The lowest BCUT2D eigenvalue weighted by Gasteiger charge is -2.34. The minimum atomic E-state index is 0.0315. The minimum absolute atomic E-state index is 0.0315. The molecule has 0 aromatic heterocycles. The zero-order valence-corrected chi connectivity index (χ0v) is 14.4. The predicted molar refractivity (Wildman–Crippen MR) is 91.7 cm³/mol. The highest BCUT2D eigenvalue weighted by Gasteiger charge is 2.25. The standard InChI is InChI=1S/C19H29NO3/c1-3-23-18-11-10-16(13-15(18)2)7-6-9-19(22)20-12-5-4-8-17(20)14-21/h10-11,13,17,21H,3-9,12,14H2,1-2H3/t17-/m0/s1. The monoisotopic (exact) mass is 319 g/mol. The summed E-state index contributed by atoms with van der Waals surface area (Å²) in [7, 11) is 0. The highest BCUT2D eigenvalue weighted by atomic mass is 16.5. The van der Waals surface area contributed by atoms with E-state index >= 15 is 0 Å². The van der Waals surface area contributed by atoms with Gasteiger partial charge < -0.3 is 14.7 Å². The van der Waals surface area contributed by atoms with Crippen LogP contribution in [0.25, 0.3) is 0 Å². The number of benzene rings is 1. The van der Waals surface area contributed by atoms with Crippen molar-refractivity contribution < 1.29 is 14.6 Å². The molecule has 0 saturated carbocycles. The lowest BCUT2D eigenvalue weighted by atomic mass is 10.0. The van der Waals surface area contributed by atoms with Crippen LogP contribution in [-0.2, 0) is 11.2 Å². The van der Waals surface area contributed by atoms with E-state index in [1.54, 1.807) is 0 Å². The van der Waals surface area contributed by atoms with E-state index in [9.17, 15) is 9.90 Å². The Morgan fingerprint density at radius 1 is 1.39 bits per heavy atom. The van der Waals surface area contributed by atoms with E-state index in [0.29, 0.717) is 13.0 Å². The number of rotatable bonds is 7. The number of carbonyl (C=O) groups is 1. The molecule has 1 amide bonds. The Bertz CT molecular complexity index is 515. The smallest absolute Gasteiger partial charge is 0.222 e. The first-order valence-corrected chi connectivity index (χ1v) is 8.78. The Morgan fingerprint density at radius 3 is 2.91 bits per heavy atom. The van der Waals surface area contributed by atoms with Gasteiger partial charge in [-0.25, -0.2) is 0 Å². The highest BCUT2D eigenvalue weighted by molar-refractivity contribution is 5.76. The number of ether oxygens (including phenoxy) is 1. The van der Waals surface area contributed by atoms with Gasteiger partial charge in [-0.2, -0.15) is 0 Å². The summed E-state index contributed by atoms with van der Waals surface area (Å²) in [5.41, 5.74) is 2.39. The van der Waals surface area contributed by atoms with E-state index in [2.05, 4.69) is 19.1 Å². The van der Waals surface area contributed by atoms with Gasteiger partial charge in [0, 0.05) is 13.0 Å². The summed E-state index contributed by atoms with van der Waals surface area (Å²) in [6.45, 7) is 5.60. The fourth-order valence-electron chi connectivity index (χ4n) is 3.29. The Balaban J connectivity index is 1.82. The second-order valence-corrected chi connectivity index (χ2v) is 6.31. The number of hydrogen-bond donors (Lipinski definition) is 1.